The first-order valence-electron chi connectivity index (χ1n) is 23.3. The molecule has 3 aliphatic heterocycles. The normalized spacial score (nSPS) is 42.3. The van der Waals surface area contributed by atoms with Gasteiger partial charge in [-0.1, -0.05) is 19.9 Å². The van der Waals surface area contributed by atoms with E-state index in [9.17, 15) is 14.3 Å². The fourth-order valence-electron chi connectivity index (χ4n) is 12.2. The van der Waals surface area contributed by atoms with Gasteiger partial charge >= 0.3 is 5.97 Å². The van der Waals surface area contributed by atoms with Crippen LogP contribution < -0.4 is 10.1 Å². The number of hydrogen-bond acceptors (Lipinski definition) is 14. The topological polar surface area (TPSA) is 153 Å². The fourth-order valence-corrected chi connectivity index (χ4v) is 12.2. The van der Waals surface area contributed by atoms with Crippen LogP contribution in [0.4, 0.5) is 10.1 Å². The number of nitrogens with zero attached hydrogens (tertiary/aromatic N) is 1. The minimum Gasteiger partial charge on any atom is -0.495 e. The molecule has 354 valence electrons. The summed E-state index contributed by atoms with van der Waals surface area (Å²) in [5.74, 6) is -2.79. The Morgan fingerprint density at radius 3 is 2.29 bits per heavy atom. The molecular weight excluding hydrogens is 816 g/mol. The highest BCUT2D eigenvalue weighted by atomic mass is 19.1. The number of benzene rings is 1. The van der Waals surface area contributed by atoms with Crippen molar-refractivity contribution in [3.63, 3.8) is 0 Å². The number of halogens is 1. The van der Waals surface area contributed by atoms with Crippen LogP contribution in [0.3, 0.4) is 0 Å². The zero-order valence-electron chi connectivity index (χ0n) is 38.9. The van der Waals surface area contributed by atoms with Crippen LogP contribution in [-0.4, -0.2) is 144 Å². The molecule has 5 fully saturated rings. The summed E-state index contributed by atoms with van der Waals surface area (Å²) in [6.45, 7) is 7.93. The molecule has 0 amide bonds. The van der Waals surface area contributed by atoms with E-state index in [4.69, 9.17) is 42.6 Å². The van der Waals surface area contributed by atoms with Crippen LogP contribution in [0.25, 0.3) is 0 Å². The number of aliphatic hydroxyl groups is 1. The van der Waals surface area contributed by atoms with Gasteiger partial charge in [-0.2, -0.15) is 0 Å². The number of nitrogens with one attached hydrogen (secondary N) is 1. The Morgan fingerprint density at radius 1 is 0.889 bits per heavy atom. The molecule has 3 heterocycles. The summed E-state index contributed by atoms with van der Waals surface area (Å²) in [6, 6.07) is 3.90. The van der Waals surface area contributed by atoms with Crippen molar-refractivity contribution in [1.29, 1.82) is 0 Å². The zero-order valence-corrected chi connectivity index (χ0v) is 38.9. The molecule has 4 unspecified atom stereocenters. The molecule has 2 N–H and O–H groups in total. The van der Waals surface area contributed by atoms with Crippen molar-refractivity contribution in [3.8, 4) is 5.75 Å². The summed E-state index contributed by atoms with van der Waals surface area (Å²) in [4.78, 5) is 31.3. The van der Waals surface area contributed by atoms with Crippen LogP contribution in [0.5, 0.6) is 5.75 Å². The maximum absolute atomic E-state index is 15.1. The standard InChI is InChI=1S/C48H73FN2O12/c1-11-28-13-12-14-37(63-40-18-16-36(51(5)6)25(3)59-40)24(2)43(53)34-22-31-30-20-29(62-48-47(58-10)46(57-9)45(56-8)26(4)60-48)21-33(30)42(44(54)41(31)32(34)23-39(52)61-28)50-35-19-27(49)15-17-38(35)55-7/h15,17,19,22,24-26,28-33,36-37,40-42,44-48,50,54H,11-14,16,18,20-21,23H2,1-10H3/t24-,25?,26?,28+,29+,30+,31+,32-,33-,36+,37+,40+,41-,42+,44+,45+,46?,47?,48+/m1/s1. The first-order chi connectivity index (χ1) is 30.2. The second-order valence-corrected chi connectivity index (χ2v) is 19.1. The van der Waals surface area contributed by atoms with Crippen molar-refractivity contribution >= 4 is 17.4 Å². The Hall–Kier alpha value is -2.73. The van der Waals surface area contributed by atoms with Crippen LogP contribution in [0.15, 0.2) is 29.8 Å². The molecule has 0 spiro atoms. The predicted octanol–water partition coefficient (Wildman–Crippen LogP) is 5.92. The summed E-state index contributed by atoms with van der Waals surface area (Å²) >= 11 is 0. The average molecular weight is 889 g/mol. The number of fused-ring (bicyclic) bond motifs is 5. The number of ketones is 1. The van der Waals surface area contributed by atoms with Gasteiger partial charge < -0.3 is 58.0 Å². The van der Waals surface area contributed by atoms with E-state index in [1.54, 1.807) is 27.4 Å². The van der Waals surface area contributed by atoms with Crippen LogP contribution >= 0.6 is 0 Å². The number of likely N-dealkylation sites (N-methyl/N-ethyl adjacent to an activating group) is 1. The van der Waals surface area contributed by atoms with Gasteiger partial charge in [0.05, 0.1) is 55.8 Å². The summed E-state index contributed by atoms with van der Waals surface area (Å²) in [6.07, 6.45) is 2.20. The number of ether oxygens (including phenoxy) is 9. The summed E-state index contributed by atoms with van der Waals surface area (Å²) in [5, 5.41) is 16.3. The predicted molar refractivity (Wildman–Crippen MR) is 231 cm³/mol. The maximum Gasteiger partial charge on any atom is 0.306 e. The van der Waals surface area contributed by atoms with E-state index < -0.39 is 66.6 Å². The molecule has 63 heavy (non-hydrogen) atoms. The number of aliphatic hydroxyl groups excluding tert-OH is 1. The summed E-state index contributed by atoms with van der Waals surface area (Å²) in [5.41, 5.74) is 0.933. The lowest BCUT2D eigenvalue weighted by molar-refractivity contribution is -0.314. The average Bonchev–Trinajstić information content (AvgIpc) is 3.84. The van der Waals surface area contributed by atoms with Gasteiger partial charge in [0.1, 0.15) is 36.0 Å². The number of methoxy groups -OCH3 is 4. The Balaban J connectivity index is 1.22. The highest BCUT2D eigenvalue weighted by molar-refractivity contribution is 5.99. The molecule has 1 aromatic carbocycles. The Morgan fingerprint density at radius 2 is 1.62 bits per heavy atom. The third kappa shape index (κ3) is 10.0. The van der Waals surface area contributed by atoms with Crippen LogP contribution in [-0.2, 0) is 47.5 Å². The minimum absolute atomic E-state index is 0.0374. The number of carbonyl (C=O) groups excluding carboxylic acids is 2. The molecule has 0 aromatic heterocycles. The number of hydrogen-bond donors (Lipinski definition) is 2. The van der Waals surface area contributed by atoms with Gasteiger partial charge in [-0.05, 0) is 115 Å². The summed E-state index contributed by atoms with van der Waals surface area (Å²) in [7, 11) is 10.5. The largest absolute Gasteiger partial charge is 0.495 e. The molecule has 2 saturated carbocycles. The van der Waals surface area contributed by atoms with Crippen molar-refractivity contribution in [2.45, 2.75) is 165 Å². The Bertz CT molecular complexity index is 1750. The number of rotatable bonds is 12. The second-order valence-electron chi connectivity index (χ2n) is 19.1. The molecule has 19 atom stereocenters. The van der Waals surface area contributed by atoms with E-state index in [0.717, 1.165) is 12.8 Å². The van der Waals surface area contributed by atoms with Crippen molar-refractivity contribution in [2.75, 3.05) is 47.9 Å². The minimum atomic E-state index is -1.06. The third-order valence-corrected chi connectivity index (χ3v) is 15.4. The smallest absolute Gasteiger partial charge is 0.306 e. The van der Waals surface area contributed by atoms with Gasteiger partial charge in [-0.15, -0.1) is 0 Å². The SMILES string of the molecule is CC[C@H]1CCC[C@H](O[C@H]2CC[C@H](N(C)C)C(C)O2)[C@@H](C)C(=O)C2=C[C@H]3[C@@H]4C[C@H](O[C@@H]5OC(C)[C@H](OC)C(OC)C5OC)C[C@H]4[C@H](Nc4cc(F)ccc4OC)[C@@H](O)[C@H]3[C@@H]2CC(=O)O1. The molecule has 3 aliphatic carbocycles. The van der Waals surface area contributed by atoms with E-state index in [2.05, 4.69) is 31.2 Å². The monoisotopic (exact) mass is 889 g/mol. The number of Topliss-reactive ketones (excluding diaryl/α,β-unsaturated/α-hetero) is 1. The number of anilines is 1. The molecule has 6 aliphatic rings. The molecule has 15 heteroatoms. The number of allylic oxidation sites excluding steroid dienone is 2. The molecule has 0 bridgehead atoms. The Kier molecular flexibility index (Phi) is 15.9. The second kappa shape index (κ2) is 20.8. The fraction of sp³-hybridized carbons (Fsp3) is 0.792. The van der Waals surface area contributed by atoms with Crippen molar-refractivity contribution in [1.82, 2.24) is 4.90 Å². The van der Waals surface area contributed by atoms with E-state index >= 15 is 4.79 Å². The first kappa shape index (κ1) is 48.2. The highest BCUT2D eigenvalue weighted by Gasteiger charge is 2.60. The van der Waals surface area contributed by atoms with Crippen molar-refractivity contribution in [2.24, 2.45) is 35.5 Å². The van der Waals surface area contributed by atoms with Crippen LogP contribution in [0.1, 0.15) is 85.5 Å². The van der Waals surface area contributed by atoms with Crippen molar-refractivity contribution in [3.05, 3.63) is 35.7 Å². The van der Waals surface area contributed by atoms with Gasteiger partial charge in [-0.3, -0.25) is 9.59 Å². The molecule has 14 nitrogen and oxygen atoms in total. The van der Waals surface area contributed by atoms with Crippen molar-refractivity contribution < 1.29 is 61.7 Å². The van der Waals surface area contributed by atoms with Gasteiger partial charge in [0.25, 0.3) is 0 Å². The number of esters is 1. The lowest BCUT2D eigenvalue weighted by Gasteiger charge is -2.47. The number of cyclic esters (lactones) is 1. The molecular formula is C48H73FN2O12. The zero-order chi connectivity index (χ0) is 45.3. The quantitative estimate of drug-likeness (QED) is 0.239. The van der Waals surface area contributed by atoms with Gasteiger partial charge in [0.2, 0.25) is 0 Å². The maximum atomic E-state index is 15.1. The number of carbonyl (C=O) groups is 2. The molecule has 3 saturated heterocycles. The lowest BCUT2D eigenvalue weighted by Crippen LogP contribution is -2.59. The van der Waals surface area contributed by atoms with Gasteiger partial charge in [-0.25, -0.2) is 4.39 Å². The van der Waals surface area contributed by atoms with Crippen LogP contribution in [0, 0.1) is 41.3 Å². The molecule has 7 rings (SSSR count). The molecule has 0 radical (unpaired) electrons. The van der Waals surface area contributed by atoms with Crippen LogP contribution in [0.2, 0.25) is 0 Å². The highest BCUT2D eigenvalue weighted by Crippen LogP contribution is 2.58. The van der Waals surface area contributed by atoms with E-state index in [1.165, 1.54) is 19.2 Å². The van der Waals surface area contributed by atoms with E-state index in [0.29, 0.717) is 55.5 Å². The molecule has 1 aromatic rings. The van der Waals surface area contributed by atoms with Gasteiger partial charge in [0, 0.05) is 51.2 Å². The third-order valence-electron chi connectivity index (χ3n) is 15.4. The summed E-state index contributed by atoms with van der Waals surface area (Å²) < 4.78 is 70.6. The van der Waals surface area contributed by atoms with E-state index in [1.807, 2.05) is 26.8 Å². The van der Waals surface area contributed by atoms with Gasteiger partial charge in [0.15, 0.2) is 18.4 Å². The Labute approximate surface area is 373 Å². The lowest BCUT2D eigenvalue weighted by atomic mass is 9.62. The van der Waals surface area contributed by atoms with E-state index in [-0.39, 0.29) is 72.5 Å². The first-order valence-corrected chi connectivity index (χ1v) is 23.3.